The maximum atomic E-state index is 6.43. The molecule has 3 rings (SSSR count). The van der Waals surface area contributed by atoms with E-state index in [0.717, 1.165) is 41.3 Å². The van der Waals surface area contributed by atoms with Crippen LogP contribution in [-0.2, 0) is 5.88 Å². The molecular weight excluding hydrogens is 291 g/mol. The van der Waals surface area contributed by atoms with E-state index in [9.17, 15) is 0 Å². The third kappa shape index (κ3) is 2.66. The molecule has 2 atom stereocenters. The SMILES string of the molecule is CN1CCCC2CN(c3c(Cl)cccc3CCl)CCC21. The van der Waals surface area contributed by atoms with Crippen LogP contribution in [0.4, 0.5) is 5.69 Å². The van der Waals surface area contributed by atoms with Crippen LogP contribution in [0.3, 0.4) is 0 Å². The molecule has 2 aliphatic rings. The van der Waals surface area contributed by atoms with Gasteiger partial charge in [-0.25, -0.2) is 0 Å². The maximum Gasteiger partial charge on any atom is 0.0642 e. The van der Waals surface area contributed by atoms with Crippen molar-refractivity contribution >= 4 is 28.9 Å². The largest absolute Gasteiger partial charge is 0.370 e. The Morgan fingerprint density at radius 1 is 1.25 bits per heavy atom. The van der Waals surface area contributed by atoms with Crippen molar-refractivity contribution in [1.82, 2.24) is 4.90 Å². The lowest BCUT2D eigenvalue weighted by Crippen LogP contribution is -2.53. The molecule has 0 saturated carbocycles. The van der Waals surface area contributed by atoms with Gasteiger partial charge in [0.15, 0.2) is 0 Å². The van der Waals surface area contributed by atoms with Crippen LogP contribution >= 0.6 is 23.2 Å². The van der Waals surface area contributed by atoms with Crippen LogP contribution < -0.4 is 4.90 Å². The number of piperidine rings is 2. The van der Waals surface area contributed by atoms with Crippen molar-refractivity contribution in [3.05, 3.63) is 28.8 Å². The molecule has 1 aromatic rings. The molecular formula is C16H22Cl2N2. The second-order valence-corrected chi connectivity index (χ2v) is 6.74. The van der Waals surface area contributed by atoms with Crippen molar-refractivity contribution < 1.29 is 0 Å². The average molecular weight is 313 g/mol. The number of anilines is 1. The summed E-state index contributed by atoms with van der Waals surface area (Å²) in [6.07, 6.45) is 3.89. The maximum absolute atomic E-state index is 6.43. The lowest BCUT2D eigenvalue weighted by molar-refractivity contribution is 0.102. The summed E-state index contributed by atoms with van der Waals surface area (Å²) in [6, 6.07) is 6.81. The summed E-state index contributed by atoms with van der Waals surface area (Å²) in [7, 11) is 2.27. The van der Waals surface area contributed by atoms with Gasteiger partial charge < -0.3 is 9.80 Å². The quantitative estimate of drug-likeness (QED) is 0.762. The summed E-state index contributed by atoms with van der Waals surface area (Å²) in [6.45, 7) is 3.45. The van der Waals surface area contributed by atoms with Crippen LogP contribution in [0.5, 0.6) is 0 Å². The van der Waals surface area contributed by atoms with Crippen LogP contribution in [-0.4, -0.2) is 37.6 Å². The van der Waals surface area contributed by atoms with Gasteiger partial charge in [-0.3, -0.25) is 0 Å². The first kappa shape index (κ1) is 14.5. The molecule has 2 heterocycles. The van der Waals surface area contributed by atoms with Gasteiger partial charge in [0.1, 0.15) is 0 Å². The third-order valence-corrected chi connectivity index (χ3v) is 5.47. The number of fused-ring (bicyclic) bond motifs is 1. The monoisotopic (exact) mass is 312 g/mol. The molecule has 1 aromatic carbocycles. The summed E-state index contributed by atoms with van der Waals surface area (Å²) in [5.74, 6) is 1.29. The molecule has 0 N–H and O–H groups in total. The fourth-order valence-electron chi connectivity index (χ4n) is 3.88. The fourth-order valence-corrected chi connectivity index (χ4v) is 4.41. The zero-order chi connectivity index (χ0) is 14.1. The molecule has 0 amide bonds. The van der Waals surface area contributed by atoms with Gasteiger partial charge in [-0.05, 0) is 50.4 Å². The van der Waals surface area contributed by atoms with E-state index in [1.54, 1.807) is 0 Å². The first-order chi connectivity index (χ1) is 9.70. The van der Waals surface area contributed by atoms with E-state index in [-0.39, 0.29) is 0 Å². The molecule has 2 unspecified atom stereocenters. The Bertz CT molecular complexity index is 478. The minimum Gasteiger partial charge on any atom is -0.370 e. The highest BCUT2D eigenvalue weighted by Gasteiger charge is 2.35. The Morgan fingerprint density at radius 2 is 2.10 bits per heavy atom. The molecule has 0 radical (unpaired) electrons. The van der Waals surface area contributed by atoms with E-state index in [2.05, 4.69) is 22.9 Å². The molecule has 20 heavy (non-hydrogen) atoms. The Kier molecular flexibility index (Phi) is 4.44. The number of likely N-dealkylation sites (tertiary alicyclic amines) is 1. The van der Waals surface area contributed by atoms with Crippen LogP contribution in [0, 0.1) is 5.92 Å². The Morgan fingerprint density at radius 3 is 2.90 bits per heavy atom. The molecule has 0 aromatic heterocycles. The van der Waals surface area contributed by atoms with Crippen molar-refractivity contribution in [1.29, 1.82) is 0 Å². The number of hydrogen-bond acceptors (Lipinski definition) is 2. The van der Waals surface area contributed by atoms with Gasteiger partial charge in [0.2, 0.25) is 0 Å². The summed E-state index contributed by atoms with van der Waals surface area (Å²) in [4.78, 5) is 5.00. The predicted octanol–water partition coefficient (Wildman–Crippen LogP) is 4.00. The van der Waals surface area contributed by atoms with Gasteiger partial charge in [0.25, 0.3) is 0 Å². The van der Waals surface area contributed by atoms with Crippen molar-refractivity contribution in [3.8, 4) is 0 Å². The Balaban J connectivity index is 1.83. The van der Waals surface area contributed by atoms with E-state index >= 15 is 0 Å². The fraction of sp³-hybridized carbons (Fsp3) is 0.625. The summed E-state index contributed by atoms with van der Waals surface area (Å²) in [5.41, 5.74) is 2.32. The van der Waals surface area contributed by atoms with Gasteiger partial charge >= 0.3 is 0 Å². The summed E-state index contributed by atoms with van der Waals surface area (Å²) in [5, 5.41) is 0.839. The molecule has 0 bridgehead atoms. The minimum absolute atomic E-state index is 0.528. The summed E-state index contributed by atoms with van der Waals surface area (Å²) < 4.78 is 0. The third-order valence-electron chi connectivity index (χ3n) is 4.88. The molecule has 4 heteroatoms. The van der Waals surface area contributed by atoms with Gasteiger partial charge in [-0.15, -0.1) is 11.6 Å². The summed E-state index contributed by atoms with van der Waals surface area (Å²) >= 11 is 12.5. The first-order valence-electron chi connectivity index (χ1n) is 7.49. The normalized spacial score (nSPS) is 27.4. The number of para-hydroxylation sites is 1. The van der Waals surface area contributed by atoms with Crippen molar-refractivity contribution in [2.45, 2.75) is 31.2 Å². The van der Waals surface area contributed by atoms with Crippen molar-refractivity contribution in [3.63, 3.8) is 0 Å². The van der Waals surface area contributed by atoms with E-state index in [1.807, 2.05) is 12.1 Å². The van der Waals surface area contributed by atoms with Crippen LogP contribution in [0.1, 0.15) is 24.8 Å². The molecule has 0 spiro atoms. The number of nitrogens with zero attached hydrogens (tertiary/aromatic N) is 2. The van der Waals surface area contributed by atoms with E-state index < -0.39 is 0 Å². The Labute approximate surface area is 131 Å². The van der Waals surface area contributed by atoms with Gasteiger partial charge in [0.05, 0.1) is 10.7 Å². The smallest absolute Gasteiger partial charge is 0.0642 e. The molecule has 2 fully saturated rings. The number of rotatable bonds is 2. The van der Waals surface area contributed by atoms with Gasteiger partial charge in [-0.1, -0.05) is 23.7 Å². The molecule has 2 nitrogen and oxygen atoms in total. The second kappa shape index (κ2) is 6.13. The number of halogens is 2. The molecule has 0 aliphatic carbocycles. The zero-order valence-corrected chi connectivity index (χ0v) is 13.5. The van der Waals surface area contributed by atoms with Gasteiger partial charge in [-0.2, -0.15) is 0 Å². The lowest BCUT2D eigenvalue weighted by Gasteiger charge is -2.47. The van der Waals surface area contributed by atoms with Crippen LogP contribution in [0.2, 0.25) is 5.02 Å². The standard InChI is InChI=1S/C16H22Cl2N2/c1-19-8-3-5-13-11-20(9-7-15(13)19)16-12(10-17)4-2-6-14(16)18/h2,4,6,13,15H,3,5,7-11H2,1H3. The molecule has 2 saturated heterocycles. The zero-order valence-electron chi connectivity index (χ0n) is 12.0. The highest BCUT2D eigenvalue weighted by molar-refractivity contribution is 6.33. The Hall–Kier alpha value is -0.440. The highest BCUT2D eigenvalue weighted by atomic mass is 35.5. The van der Waals surface area contributed by atoms with Crippen LogP contribution in [0.25, 0.3) is 0 Å². The predicted molar refractivity (Wildman–Crippen MR) is 87.0 cm³/mol. The number of hydrogen-bond donors (Lipinski definition) is 0. The second-order valence-electron chi connectivity index (χ2n) is 6.07. The van der Waals surface area contributed by atoms with Crippen LogP contribution in [0.15, 0.2) is 18.2 Å². The van der Waals surface area contributed by atoms with E-state index in [4.69, 9.17) is 23.2 Å². The minimum atomic E-state index is 0.528. The average Bonchev–Trinajstić information content (AvgIpc) is 2.47. The highest BCUT2D eigenvalue weighted by Crippen LogP contribution is 2.37. The lowest BCUT2D eigenvalue weighted by atomic mass is 9.84. The topological polar surface area (TPSA) is 6.48 Å². The number of alkyl halides is 1. The molecule has 110 valence electrons. The number of benzene rings is 1. The van der Waals surface area contributed by atoms with E-state index in [0.29, 0.717) is 5.88 Å². The van der Waals surface area contributed by atoms with Crippen molar-refractivity contribution in [2.75, 3.05) is 31.6 Å². The van der Waals surface area contributed by atoms with E-state index in [1.165, 1.54) is 25.8 Å². The first-order valence-corrected chi connectivity index (χ1v) is 8.40. The van der Waals surface area contributed by atoms with Gasteiger partial charge in [0, 0.05) is 25.0 Å². The molecule has 2 aliphatic heterocycles. The van der Waals surface area contributed by atoms with Crippen molar-refractivity contribution in [2.24, 2.45) is 5.92 Å².